The monoisotopic (exact) mass is 860 g/mol. The fourth-order valence-electron chi connectivity index (χ4n) is 5.83. The first-order valence-corrected chi connectivity index (χ1v) is 20.8. The molecule has 4 aromatic heterocycles. The van der Waals surface area contributed by atoms with E-state index < -0.39 is 11.3 Å². The zero-order valence-electron chi connectivity index (χ0n) is 30.9. The summed E-state index contributed by atoms with van der Waals surface area (Å²) in [5.74, 6) is 1.49. The maximum Gasteiger partial charge on any atom is -0.0105 e. The molecule has 12 nitrogen and oxygen atoms in total. The number of rotatable bonds is 12. The van der Waals surface area contributed by atoms with Crippen molar-refractivity contribution in [2.24, 2.45) is 10.2 Å². The van der Waals surface area contributed by atoms with Gasteiger partial charge in [-0.2, -0.15) is 0 Å². The quantitative estimate of drug-likeness (QED) is 0.0547. The van der Waals surface area contributed by atoms with Gasteiger partial charge in [-0.05, 0) is 24.3 Å². The van der Waals surface area contributed by atoms with Crippen molar-refractivity contribution in [2.45, 2.75) is 13.8 Å². The van der Waals surface area contributed by atoms with E-state index in [0.717, 1.165) is 53.7 Å². The Labute approximate surface area is 339 Å². The summed E-state index contributed by atoms with van der Waals surface area (Å²) in [6.07, 6.45) is 0. The summed E-state index contributed by atoms with van der Waals surface area (Å²) < 4.78 is 24.2. The standard InChI is InChI=1S/C42H32N6O6S2Se/c1-23(45-47-41-43-35(21-55-41)25-7-5-9-29(15-25)51-3)33-19-27-17-31(11-13-37(27)53-39(33)49)57-32-12-14-38-28(18-32)20-34(40(50)54-38)24(2)46-48-42-44-36(22-56-42)26-8-6-10-30(16-26)52-4/h5-22H,1-4H3,(H,43,47)(H,44,48). The second kappa shape index (κ2) is 16.4. The molecule has 0 fully saturated rings. The van der Waals surface area contributed by atoms with Crippen LogP contribution < -0.4 is 40.5 Å². The van der Waals surface area contributed by atoms with Gasteiger partial charge in [-0.1, -0.05) is 24.3 Å². The van der Waals surface area contributed by atoms with Crippen LogP contribution in [0.3, 0.4) is 0 Å². The molecule has 0 amide bonds. The summed E-state index contributed by atoms with van der Waals surface area (Å²) in [5.41, 5.74) is 11.0. The Bertz CT molecular complexity index is 2770. The van der Waals surface area contributed by atoms with Crippen molar-refractivity contribution < 1.29 is 18.3 Å². The number of hydrogen-bond donors (Lipinski definition) is 2. The van der Waals surface area contributed by atoms with Crippen LogP contribution in [0.1, 0.15) is 25.0 Å². The number of benzene rings is 4. The fraction of sp³-hybridized carbons (Fsp3) is 0.0952. The molecule has 2 N–H and O–H groups in total. The number of anilines is 2. The molecule has 0 aliphatic heterocycles. The maximum atomic E-state index is 13.0. The summed E-state index contributed by atoms with van der Waals surface area (Å²) in [6, 6.07) is 30.5. The van der Waals surface area contributed by atoms with Crippen molar-refractivity contribution >= 4 is 90.2 Å². The molecule has 8 aromatic rings. The predicted octanol–water partition coefficient (Wildman–Crippen LogP) is 7.49. The molecule has 8 rings (SSSR count). The van der Waals surface area contributed by atoms with Gasteiger partial charge in [0.05, 0.1) is 14.2 Å². The molecule has 15 heteroatoms. The zero-order chi connectivity index (χ0) is 39.5. The number of ether oxygens (including phenoxy) is 2. The minimum atomic E-state index is -0.481. The molecular formula is C42H32N6O6S2Se. The van der Waals surface area contributed by atoms with Crippen LogP contribution in [0.2, 0.25) is 0 Å². The van der Waals surface area contributed by atoms with Gasteiger partial charge in [0.1, 0.15) is 11.5 Å². The van der Waals surface area contributed by atoms with Crippen molar-refractivity contribution in [3.05, 3.63) is 140 Å². The third-order valence-corrected chi connectivity index (χ3v) is 12.3. The van der Waals surface area contributed by atoms with Crippen LogP contribution in [0.4, 0.5) is 10.3 Å². The topological polar surface area (TPSA) is 153 Å². The van der Waals surface area contributed by atoms with Gasteiger partial charge in [-0.3, -0.25) is 0 Å². The Morgan fingerprint density at radius 1 is 0.632 bits per heavy atom. The van der Waals surface area contributed by atoms with Crippen LogP contribution >= 0.6 is 22.7 Å². The average molecular weight is 860 g/mol. The van der Waals surface area contributed by atoms with Crippen molar-refractivity contribution in [1.82, 2.24) is 9.97 Å². The second-order valence-corrected chi connectivity index (χ2v) is 16.7. The number of fused-ring (bicyclic) bond motifs is 2. The average Bonchev–Trinajstić information content (AvgIpc) is 3.92. The van der Waals surface area contributed by atoms with E-state index in [2.05, 4.69) is 31.0 Å². The van der Waals surface area contributed by atoms with Crippen LogP contribution in [0.25, 0.3) is 44.5 Å². The predicted molar refractivity (Wildman–Crippen MR) is 230 cm³/mol. The number of hydrogen-bond acceptors (Lipinski definition) is 14. The third kappa shape index (κ3) is 8.42. The molecule has 0 spiro atoms. The summed E-state index contributed by atoms with van der Waals surface area (Å²) in [6.45, 7) is 3.50. The molecule has 4 heterocycles. The first-order chi connectivity index (χ1) is 27.7. The Kier molecular flexibility index (Phi) is 10.8. The number of nitrogens with one attached hydrogen (secondary N) is 2. The first kappa shape index (κ1) is 37.5. The van der Waals surface area contributed by atoms with Crippen LogP contribution in [-0.4, -0.2) is 50.6 Å². The minimum Gasteiger partial charge on any atom is -0.0105 e. The van der Waals surface area contributed by atoms with Gasteiger partial charge < -0.3 is 9.47 Å². The molecule has 0 atom stereocenters. The molecule has 0 unspecified atom stereocenters. The van der Waals surface area contributed by atoms with Crippen molar-refractivity contribution in [2.75, 3.05) is 25.1 Å². The largest absolute Gasteiger partial charge is 0.0105 e. The zero-order valence-corrected chi connectivity index (χ0v) is 34.2. The van der Waals surface area contributed by atoms with E-state index in [1.54, 1.807) is 40.2 Å². The molecule has 0 bridgehead atoms. The SMILES string of the molecule is COc1cccc(-c2csc(NN=C(C)c3cc4cc([Se]c5ccc6oc(=O)c(C(C)=NNc7nc(-c8cccc(OC)c8)cs7)cc6c5)ccc4oc3=O)n2)c1. The molecular weight excluding hydrogens is 828 g/mol. The van der Waals surface area contributed by atoms with Gasteiger partial charge in [-0.15, -0.1) is 0 Å². The van der Waals surface area contributed by atoms with E-state index >= 15 is 0 Å². The smallest absolute Gasteiger partial charge is 0.0105 e. The second-order valence-electron chi connectivity index (χ2n) is 12.6. The molecule has 0 aliphatic carbocycles. The number of methoxy groups -OCH3 is 2. The number of aromatic nitrogens is 2. The van der Waals surface area contributed by atoms with Crippen molar-refractivity contribution in [3.63, 3.8) is 0 Å². The van der Waals surface area contributed by atoms with E-state index in [4.69, 9.17) is 18.3 Å². The van der Waals surface area contributed by atoms with E-state index in [-0.39, 0.29) is 15.0 Å². The number of nitrogens with zero attached hydrogens (tertiary/aromatic N) is 4. The summed E-state index contributed by atoms with van der Waals surface area (Å²) in [7, 11) is 3.25. The van der Waals surface area contributed by atoms with Crippen LogP contribution in [0, 0.1) is 0 Å². The molecule has 0 saturated heterocycles. The van der Waals surface area contributed by atoms with E-state index in [9.17, 15) is 9.59 Å². The Hall–Kier alpha value is -6.38. The molecule has 0 radical (unpaired) electrons. The van der Waals surface area contributed by atoms with Crippen molar-refractivity contribution in [1.29, 1.82) is 0 Å². The Morgan fingerprint density at radius 2 is 1.09 bits per heavy atom. The van der Waals surface area contributed by atoms with Gasteiger partial charge in [0.2, 0.25) is 0 Å². The van der Waals surface area contributed by atoms with Gasteiger partial charge in [-0.25, -0.2) is 0 Å². The van der Waals surface area contributed by atoms with Gasteiger partial charge in [0.25, 0.3) is 0 Å². The van der Waals surface area contributed by atoms with E-state index in [1.807, 2.05) is 95.7 Å². The Morgan fingerprint density at radius 3 is 1.53 bits per heavy atom. The van der Waals surface area contributed by atoms with Crippen LogP contribution in [-0.2, 0) is 0 Å². The summed E-state index contributed by atoms with van der Waals surface area (Å²) >= 11 is 2.69. The molecule has 0 saturated carbocycles. The van der Waals surface area contributed by atoms with Gasteiger partial charge in [0.15, 0.2) is 0 Å². The first-order valence-electron chi connectivity index (χ1n) is 17.4. The summed E-state index contributed by atoms with van der Waals surface area (Å²) in [4.78, 5) is 35.2. The van der Waals surface area contributed by atoms with Gasteiger partial charge >= 0.3 is 258 Å². The van der Waals surface area contributed by atoms with E-state index in [0.29, 0.717) is 44.0 Å². The molecule has 4 aromatic carbocycles. The maximum absolute atomic E-state index is 13.0. The Balaban J connectivity index is 0.978. The summed E-state index contributed by atoms with van der Waals surface area (Å²) in [5, 5.41) is 15.5. The van der Waals surface area contributed by atoms with Gasteiger partial charge in [0, 0.05) is 0 Å². The number of thiazole rings is 2. The number of hydrazone groups is 2. The van der Waals surface area contributed by atoms with Crippen molar-refractivity contribution in [3.8, 4) is 34.0 Å². The third-order valence-electron chi connectivity index (χ3n) is 8.80. The molecule has 284 valence electrons. The molecule has 57 heavy (non-hydrogen) atoms. The molecule has 0 aliphatic rings. The van der Waals surface area contributed by atoms with Crippen LogP contribution in [0.5, 0.6) is 11.5 Å². The minimum absolute atomic E-state index is 0.124. The van der Waals surface area contributed by atoms with E-state index in [1.165, 1.54) is 22.7 Å². The normalized spacial score (nSPS) is 11.9. The van der Waals surface area contributed by atoms with Crippen LogP contribution in [0.15, 0.2) is 136 Å². The fourth-order valence-corrected chi connectivity index (χ4v) is 9.08.